The number of piperazine rings is 1. The summed E-state index contributed by atoms with van der Waals surface area (Å²) < 4.78 is 0. The second-order valence-corrected chi connectivity index (χ2v) is 9.52. The van der Waals surface area contributed by atoms with E-state index in [0.29, 0.717) is 12.1 Å². The van der Waals surface area contributed by atoms with Gasteiger partial charge in [0.25, 0.3) is 5.91 Å². The first kappa shape index (κ1) is 26.1. The van der Waals surface area contributed by atoms with Crippen molar-refractivity contribution >= 4 is 23.2 Å². The summed E-state index contributed by atoms with van der Waals surface area (Å²) in [7, 11) is 0. The highest BCUT2D eigenvalue weighted by Gasteiger charge is 2.30. The van der Waals surface area contributed by atoms with Crippen LogP contribution in [0.15, 0.2) is 103 Å². The fourth-order valence-corrected chi connectivity index (χ4v) is 5.08. The van der Waals surface area contributed by atoms with E-state index < -0.39 is 0 Å². The topological polar surface area (TPSA) is 77.6 Å². The van der Waals surface area contributed by atoms with Gasteiger partial charge in [-0.25, -0.2) is 0 Å². The van der Waals surface area contributed by atoms with Crippen LogP contribution in [0.25, 0.3) is 11.1 Å². The van der Waals surface area contributed by atoms with E-state index in [9.17, 15) is 9.59 Å². The molecule has 1 aromatic heterocycles. The van der Waals surface area contributed by atoms with Crippen molar-refractivity contribution in [3.05, 3.63) is 115 Å². The predicted molar refractivity (Wildman–Crippen MR) is 156 cm³/mol. The number of nitrogens with zero attached hydrogens (tertiary/aromatic N) is 3. The van der Waals surface area contributed by atoms with Gasteiger partial charge in [0, 0.05) is 67.6 Å². The first-order chi connectivity index (χ1) is 19.1. The Labute approximate surface area is 229 Å². The van der Waals surface area contributed by atoms with Gasteiger partial charge in [0.2, 0.25) is 5.91 Å². The van der Waals surface area contributed by atoms with Gasteiger partial charge in [-0.3, -0.25) is 19.5 Å². The molecule has 0 saturated carbocycles. The maximum atomic E-state index is 13.1. The highest BCUT2D eigenvalue weighted by Crippen LogP contribution is 2.27. The molecule has 1 unspecified atom stereocenters. The lowest BCUT2D eigenvalue weighted by atomic mass is 10.0. The average Bonchev–Trinajstić information content (AvgIpc) is 2.99. The molecule has 2 N–H and O–H groups in total. The molecular formula is C32H33N5O2. The van der Waals surface area contributed by atoms with Gasteiger partial charge in [-0.15, -0.1) is 0 Å². The third-order valence-electron chi connectivity index (χ3n) is 7.03. The van der Waals surface area contributed by atoms with Crippen LogP contribution >= 0.6 is 0 Å². The molecule has 1 aliphatic heterocycles. The number of carbonyl (C=O) groups excluding carboxylic acids is 2. The summed E-state index contributed by atoms with van der Waals surface area (Å²) in [6.07, 6.45) is 3.48. The van der Waals surface area contributed by atoms with E-state index in [-0.39, 0.29) is 17.9 Å². The normalized spacial score (nSPS) is 14.4. The molecule has 0 aliphatic carbocycles. The van der Waals surface area contributed by atoms with Gasteiger partial charge in [-0.1, -0.05) is 54.6 Å². The molecular weight excluding hydrogens is 486 g/mol. The number of likely N-dealkylation sites (N-methyl/N-ethyl adjacent to an activating group) is 1. The minimum atomic E-state index is -0.291. The molecule has 1 aliphatic rings. The number of aromatic nitrogens is 1. The van der Waals surface area contributed by atoms with Crippen LogP contribution in [-0.4, -0.2) is 54.4 Å². The summed E-state index contributed by atoms with van der Waals surface area (Å²) in [5.74, 6) is -0.115. The van der Waals surface area contributed by atoms with E-state index in [0.717, 1.165) is 54.2 Å². The van der Waals surface area contributed by atoms with Gasteiger partial charge in [-0.05, 0) is 54.4 Å². The maximum Gasteiger partial charge on any atom is 0.256 e. The molecule has 1 saturated heterocycles. The molecule has 3 aromatic carbocycles. The van der Waals surface area contributed by atoms with Crippen molar-refractivity contribution in [2.45, 2.75) is 13.0 Å². The van der Waals surface area contributed by atoms with Crippen molar-refractivity contribution in [3.63, 3.8) is 0 Å². The van der Waals surface area contributed by atoms with Crippen molar-refractivity contribution in [3.8, 4) is 11.1 Å². The molecule has 5 rings (SSSR count). The number of hydrogen-bond donors (Lipinski definition) is 2. The predicted octanol–water partition coefficient (Wildman–Crippen LogP) is 5.00. The molecule has 0 bridgehead atoms. The van der Waals surface area contributed by atoms with Crippen LogP contribution in [0.2, 0.25) is 0 Å². The molecule has 2 amide bonds. The van der Waals surface area contributed by atoms with Crippen molar-refractivity contribution in [2.24, 2.45) is 0 Å². The summed E-state index contributed by atoms with van der Waals surface area (Å²) in [6.45, 7) is 5.74. The van der Waals surface area contributed by atoms with Crippen LogP contribution in [0.4, 0.5) is 11.4 Å². The van der Waals surface area contributed by atoms with Gasteiger partial charge >= 0.3 is 0 Å². The fourth-order valence-electron chi connectivity index (χ4n) is 5.08. The smallest absolute Gasteiger partial charge is 0.256 e. The van der Waals surface area contributed by atoms with Crippen LogP contribution in [0, 0.1) is 0 Å². The van der Waals surface area contributed by atoms with E-state index in [1.54, 1.807) is 12.4 Å². The molecule has 7 nitrogen and oxygen atoms in total. The second kappa shape index (κ2) is 12.4. The Balaban J connectivity index is 1.23. The summed E-state index contributed by atoms with van der Waals surface area (Å²) >= 11 is 0. The fraction of sp³-hybridized carbons (Fsp3) is 0.219. The Bertz CT molecular complexity index is 1390. The lowest BCUT2D eigenvalue weighted by molar-refractivity contribution is -0.126. The number of nitrogens with one attached hydrogen (secondary N) is 2. The van der Waals surface area contributed by atoms with E-state index in [2.05, 4.69) is 25.4 Å². The standard InChI is InChI=1S/C32H33N5O2/c1-2-34-32(39)30(24-9-4-3-5-10-24)37-21-19-36(20-22-37)27-16-14-26(15-17-27)35-31(38)29-13-7-6-12-28(29)25-11-8-18-33-23-25/h3-18,23,30H,2,19-22H2,1H3,(H,34,39)(H,35,38). The number of hydrogen-bond acceptors (Lipinski definition) is 5. The highest BCUT2D eigenvalue weighted by atomic mass is 16.2. The van der Waals surface area contributed by atoms with Crippen molar-refractivity contribution in [1.29, 1.82) is 0 Å². The Morgan fingerprint density at radius 1 is 0.846 bits per heavy atom. The summed E-state index contributed by atoms with van der Waals surface area (Å²) in [5.41, 5.74) is 5.20. The molecule has 2 heterocycles. The van der Waals surface area contributed by atoms with E-state index in [1.165, 1.54) is 0 Å². The van der Waals surface area contributed by atoms with Crippen molar-refractivity contribution in [1.82, 2.24) is 15.2 Å². The molecule has 4 aromatic rings. The van der Waals surface area contributed by atoms with Crippen LogP contribution in [0.1, 0.15) is 28.9 Å². The zero-order valence-electron chi connectivity index (χ0n) is 22.1. The Hall–Kier alpha value is -4.49. The number of carbonyl (C=O) groups is 2. The summed E-state index contributed by atoms with van der Waals surface area (Å²) in [5, 5.41) is 6.03. The van der Waals surface area contributed by atoms with Gasteiger partial charge in [-0.2, -0.15) is 0 Å². The molecule has 1 atom stereocenters. The van der Waals surface area contributed by atoms with Crippen LogP contribution < -0.4 is 15.5 Å². The lowest BCUT2D eigenvalue weighted by Crippen LogP contribution is -2.51. The van der Waals surface area contributed by atoms with Gasteiger partial charge in [0.15, 0.2) is 0 Å². The number of rotatable bonds is 8. The minimum Gasteiger partial charge on any atom is -0.369 e. The number of anilines is 2. The average molecular weight is 520 g/mol. The summed E-state index contributed by atoms with van der Waals surface area (Å²) in [6, 6.07) is 29.0. The van der Waals surface area contributed by atoms with Gasteiger partial charge < -0.3 is 15.5 Å². The Morgan fingerprint density at radius 3 is 2.26 bits per heavy atom. The third kappa shape index (κ3) is 6.16. The number of pyridine rings is 1. The molecule has 1 fully saturated rings. The van der Waals surface area contributed by atoms with Gasteiger partial charge in [0.05, 0.1) is 0 Å². The Morgan fingerprint density at radius 2 is 1.56 bits per heavy atom. The van der Waals surface area contributed by atoms with E-state index in [4.69, 9.17) is 0 Å². The van der Waals surface area contributed by atoms with Crippen LogP contribution in [0.5, 0.6) is 0 Å². The molecule has 39 heavy (non-hydrogen) atoms. The van der Waals surface area contributed by atoms with Crippen molar-refractivity contribution < 1.29 is 9.59 Å². The van der Waals surface area contributed by atoms with Gasteiger partial charge in [0.1, 0.15) is 6.04 Å². The van der Waals surface area contributed by atoms with E-state index >= 15 is 0 Å². The molecule has 7 heteroatoms. The monoisotopic (exact) mass is 519 g/mol. The third-order valence-corrected chi connectivity index (χ3v) is 7.03. The zero-order chi connectivity index (χ0) is 27.0. The van der Waals surface area contributed by atoms with E-state index in [1.807, 2.05) is 97.9 Å². The van der Waals surface area contributed by atoms with Crippen LogP contribution in [-0.2, 0) is 4.79 Å². The van der Waals surface area contributed by atoms with Crippen molar-refractivity contribution in [2.75, 3.05) is 42.9 Å². The maximum absolute atomic E-state index is 13.1. The molecule has 0 radical (unpaired) electrons. The van der Waals surface area contributed by atoms with Crippen LogP contribution in [0.3, 0.4) is 0 Å². The number of benzene rings is 3. The first-order valence-electron chi connectivity index (χ1n) is 13.4. The quantitative estimate of drug-likeness (QED) is 0.343. The largest absolute Gasteiger partial charge is 0.369 e. The molecule has 198 valence electrons. The highest BCUT2D eigenvalue weighted by molar-refractivity contribution is 6.08. The molecule has 0 spiro atoms. The summed E-state index contributed by atoms with van der Waals surface area (Å²) in [4.78, 5) is 34.8. The lowest BCUT2D eigenvalue weighted by Gasteiger charge is -2.39. The first-order valence-corrected chi connectivity index (χ1v) is 13.4. The second-order valence-electron chi connectivity index (χ2n) is 9.52. The number of amides is 2. The zero-order valence-corrected chi connectivity index (χ0v) is 22.1. The Kier molecular flexibility index (Phi) is 8.29. The SMILES string of the molecule is CCNC(=O)C(c1ccccc1)N1CCN(c2ccc(NC(=O)c3ccccc3-c3cccnc3)cc2)CC1. The minimum absolute atomic E-state index is 0.0438.